The molecule has 1 aromatic heterocycles. The summed E-state index contributed by atoms with van der Waals surface area (Å²) in [6, 6.07) is 5.26. The van der Waals surface area contributed by atoms with Crippen LogP contribution in [0.1, 0.15) is 17.5 Å². The Morgan fingerprint density at radius 3 is 2.62 bits per heavy atom. The first-order valence-corrected chi connectivity index (χ1v) is 7.52. The van der Waals surface area contributed by atoms with Crippen molar-refractivity contribution in [1.82, 2.24) is 19.2 Å². The number of nitrogens with one attached hydrogen (secondary N) is 1. The second kappa shape index (κ2) is 6.26. The predicted octanol–water partition coefficient (Wildman–Crippen LogP) is 0.298. The number of anilines is 1. The highest BCUT2D eigenvalue weighted by Crippen LogP contribution is 2.09. The number of hydrogen-bond donors (Lipinski definition) is 1. The molecule has 2 heterocycles. The zero-order valence-corrected chi connectivity index (χ0v) is 13.0. The molecule has 126 valence electrons. The van der Waals surface area contributed by atoms with Gasteiger partial charge in [-0.2, -0.15) is 0 Å². The van der Waals surface area contributed by atoms with Crippen molar-refractivity contribution < 1.29 is 14.0 Å². The number of carbonyl (C=O) groups is 2. The van der Waals surface area contributed by atoms with Crippen LogP contribution in [0.3, 0.4) is 0 Å². The summed E-state index contributed by atoms with van der Waals surface area (Å²) >= 11 is 0. The summed E-state index contributed by atoms with van der Waals surface area (Å²) in [7, 11) is 0. The molecule has 0 aliphatic carbocycles. The third kappa shape index (κ3) is 2.92. The highest BCUT2D eigenvalue weighted by Gasteiger charge is 2.28. The Labute approximate surface area is 136 Å². The van der Waals surface area contributed by atoms with E-state index in [1.165, 1.54) is 28.8 Å². The molecule has 1 N–H and O–H groups in total. The van der Waals surface area contributed by atoms with E-state index in [0.29, 0.717) is 25.3 Å². The third-order valence-electron chi connectivity index (χ3n) is 3.80. The van der Waals surface area contributed by atoms with Crippen LogP contribution in [-0.4, -0.2) is 44.2 Å². The van der Waals surface area contributed by atoms with E-state index in [0.717, 1.165) is 4.68 Å². The summed E-state index contributed by atoms with van der Waals surface area (Å²) in [4.78, 5) is 38.0. The Bertz CT molecular complexity index is 840. The molecule has 0 bridgehead atoms. The van der Waals surface area contributed by atoms with Gasteiger partial charge in [0.25, 0.3) is 5.91 Å². The van der Waals surface area contributed by atoms with Crippen LogP contribution in [0.4, 0.5) is 10.1 Å². The fraction of sp³-hybridized carbons (Fsp3) is 0.333. The van der Waals surface area contributed by atoms with E-state index >= 15 is 0 Å². The molecule has 2 aromatic rings. The van der Waals surface area contributed by atoms with Gasteiger partial charge in [-0.25, -0.2) is 13.9 Å². The van der Waals surface area contributed by atoms with Crippen LogP contribution in [0, 0.1) is 5.82 Å². The van der Waals surface area contributed by atoms with Crippen LogP contribution in [0.15, 0.2) is 29.1 Å². The Morgan fingerprint density at radius 2 is 1.96 bits per heavy atom. The van der Waals surface area contributed by atoms with Gasteiger partial charge in [0.1, 0.15) is 12.4 Å². The number of likely N-dealkylation sites (N-methyl/N-ethyl adjacent to an activating group) is 1. The van der Waals surface area contributed by atoms with E-state index in [1.54, 1.807) is 4.90 Å². The van der Waals surface area contributed by atoms with Crippen LogP contribution in [0.2, 0.25) is 0 Å². The number of fused-ring (bicyclic) bond motifs is 1. The summed E-state index contributed by atoms with van der Waals surface area (Å²) in [5, 5.41) is 6.53. The van der Waals surface area contributed by atoms with Gasteiger partial charge in [0.05, 0.1) is 0 Å². The summed E-state index contributed by atoms with van der Waals surface area (Å²) in [5.74, 6) is -1.18. The fourth-order valence-corrected chi connectivity index (χ4v) is 2.54. The average Bonchev–Trinajstić information content (AvgIpc) is 2.87. The van der Waals surface area contributed by atoms with Gasteiger partial charge in [0, 0.05) is 25.3 Å². The van der Waals surface area contributed by atoms with Crippen LogP contribution < -0.4 is 11.0 Å². The molecule has 1 aliphatic rings. The van der Waals surface area contributed by atoms with Crippen molar-refractivity contribution in [2.45, 2.75) is 20.0 Å². The van der Waals surface area contributed by atoms with Gasteiger partial charge in [-0.3, -0.25) is 14.2 Å². The van der Waals surface area contributed by atoms with Crippen LogP contribution in [0.5, 0.6) is 0 Å². The maximum atomic E-state index is 12.8. The lowest BCUT2D eigenvalue weighted by Crippen LogP contribution is -2.42. The highest BCUT2D eigenvalue weighted by molar-refractivity contribution is 5.92. The molecule has 0 saturated heterocycles. The number of halogens is 1. The molecule has 0 fully saturated rings. The third-order valence-corrected chi connectivity index (χ3v) is 3.80. The normalized spacial score (nSPS) is 13.8. The minimum Gasteiger partial charge on any atom is -0.334 e. The van der Waals surface area contributed by atoms with E-state index < -0.39 is 17.4 Å². The first-order chi connectivity index (χ1) is 11.5. The minimum absolute atomic E-state index is 0.0442. The first kappa shape index (κ1) is 15.9. The Balaban J connectivity index is 1.76. The van der Waals surface area contributed by atoms with Crippen LogP contribution >= 0.6 is 0 Å². The maximum Gasteiger partial charge on any atom is 0.346 e. The maximum absolute atomic E-state index is 12.8. The van der Waals surface area contributed by atoms with Crippen LogP contribution in [0.25, 0.3) is 0 Å². The molecule has 8 nitrogen and oxygen atoms in total. The number of hydrogen-bond acceptors (Lipinski definition) is 4. The first-order valence-electron chi connectivity index (χ1n) is 7.52. The van der Waals surface area contributed by atoms with Crippen molar-refractivity contribution in [2.24, 2.45) is 0 Å². The van der Waals surface area contributed by atoms with Crippen molar-refractivity contribution in [3.8, 4) is 0 Å². The molecule has 1 aliphatic heterocycles. The number of rotatable bonds is 4. The molecule has 2 amide bonds. The fourth-order valence-electron chi connectivity index (χ4n) is 2.54. The summed E-state index contributed by atoms with van der Waals surface area (Å²) in [5.41, 5.74) is -0.0879. The summed E-state index contributed by atoms with van der Waals surface area (Å²) in [6.45, 7) is 2.85. The molecular weight excluding hydrogens is 317 g/mol. The Hall–Kier alpha value is -2.97. The number of benzene rings is 1. The molecule has 0 unspecified atom stereocenters. The molecule has 0 radical (unpaired) electrons. The monoisotopic (exact) mass is 333 g/mol. The van der Waals surface area contributed by atoms with E-state index in [4.69, 9.17) is 0 Å². The SMILES string of the molecule is CCN1CCn2c(nn(CC(=O)Nc3ccc(F)cc3)c2=O)C1=O. The van der Waals surface area contributed by atoms with Crippen LogP contribution in [-0.2, 0) is 17.9 Å². The molecular formula is C15H16FN5O3. The van der Waals surface area contributed by atoms with Gasteiger partial charge >= 0.3 is 5.69 Å². The minimum atomic E-state index is -0.497. The predicted molar refractivity (Wildman–Crippen MR) is 83.1 cm³/mol. The van der Waals surface area contributed by atoms with Crippen molar-refractivity contribution in [3.05, 3.63) is 46.4 Å². The van der Waals surface area contributed by atoms with Gasteiger partial charge in [-0.05, 0) is 31.2 Å². The molecule has 3 rings (SSSR count). The van der Waals surface area contributed by atoms with E-state index in [2.05, 4.69) is 10.4 Å². The van der Waals surface area contributed by atoms with Gasteiger partial charge in [0.2, 0.25) is 11.7 Å². The van der Waals surface area contributed by atoms with Gasteiger partial charge < -0.3 is 10.2 Å². The topological polar surface area (TPSA) is 89.2 Å². The number of amides is 2. The second-order valence-corrected chi connectivity index (χ2v) is 5.36. The molecule has 9 heteroatoms. The van der Waals surface area contributed by atoms with Crippen molar-refractivity contribution in [3.63, 3.8) is 0 Å². The largest absolute Gasteiger partial charge is 0.346 e. The van der Waals surface area contributed by atoms with E-state index in [1.807, 2.05) is 6.92 Å². The molecule has 24 heavy (non-hydrogen) atoms. The van der Waals surface area contributed by atoms with Crippen molar-refractivity contribution in [1.29, 1.82) is 0 Å². The number of carbonyl (C=O) groups excluding carboxylic acids is 2. The van der Waals surface area contributed by atoms with Crippen molar-refractivity contribution in [2.75, 3.05) is 18.4 Å². The molecule has 0 atom stereocenters. The smallest absolute Gasteiger partial charge is 0.334 e. The molecule has 0 spiro atoms. The number of nitrogens with zero attached hydrogens (tertiary/aromatic N) is 4. The quantitative estimate of drug-likeness (QED) is 0.871. The average molecular weight is 333 g/mol. The summed E-state index contributed by atoms with van der Waals surface area (Å²) < 4.78 is 15.1. The van der Waals surface area contributed by atoms with Crippen molar-refractivity contribution >= 4 is 17.5 Å². The highest BCUT2D eigenvalue weighted by atomic mass is 19.1. The zero-order chi connectivity index (χ0) is 17.3. The lowest BCUT2D eigenvalue weighted by Gasteiger charge is -2.24. The summed E-state index contributed by atoms with van der Waals surface area (Å²) in [6.07, 6.45) is 0. The lowest BCUT2D eigenvalue weighted by molar-refractivity contribution is -0.117. The Kier molecular flexibility index (Phi) is 4.15. The zero-order valence-electron chi connectivity index (χ0n) is 13.0. The Morgan fingerprint density at radius 1 is 1.25 bits per heavy atom. The molecule has 0 saturated carbocycles. The van der Waals surface area contributed by atoms with Gasteiger partial charge in [-0.1, -0.05) is 0 Å². The van der Waals surface area contributed by atoms with Gasteiger partial charge in [-0.15, -0.1) is 5.10 Å². The standard InChI is InChI=1S/C15H16FN5O3/c1-2-19-7-8-20-13(14(19)23)18-21(15(20)24)9-12(22)17-11-5-3-10(16)4-6-11/h3-6H,2,7-9H2,1H3,(H,17,22). The van der Waals surface area contributed by atoms with E-state index in [-0.39, 0.29) is 18.3 Å². The molecule has 1 aromatic carbocycles. The second-order valence-electron chi connectivity index (χ2n) is 5.36. The van der Waals surface area contributed by atoms with E-state index in [9.17, 15) is 18.8 Å². The lowest BCUT2D eigenvalue weighted by atomic mass is 10.3. The number of aromatic nitrogens is 3. The van der Waals surface area contributed by atoms with Gasteiger partial charge in [0.15, 0.2) is 0 Å².